The first-order chi connectivity index (χ1) is 15.6. The SMILES string of the molecule is O=C(O)CC[C@H](NC(=O)NCC[C@H](C(=O)O)c1nc(-c2ccc([N+](=O)[O-])cc2)co1)C(=O)O. The highest BCUT2D eigenvalue weighted by Crippen LogP contribution is 2.26. The average molecular weight is 464 g/mol. The number of oxazole rings is 1. The third-order valence-corrected chi connectivity index (χ3v) is 4.46. The summed E-state index contributed by atoms with van der Waals surface area (Å²) < 4.78 is 5.24. The second kappa shape index (κ2) is 11.2. The number of aromatic nitrogens is 1. The lowest BCUT2D eigenvalue weighted by Crippen LogP contribution is -2.46. The number of carbonyl (C=O) groups is 4. The molecule has 0 saturated heterocycles. The number of aliphatic carboxylic acids is 3. The molecule has 0 unspecified atom stereocenters. The van der Waals surface area contributed by atoms with E-state index in [1.54, 1.807) is 0 Å². The zero-order valence-corrected chi connectivity index (χ0v) is 17.0. The van der Waals surface area contributed by atoms with Gasteiger partial charge in [0.15, 0.2) is 0 Å². The van der Waals surface area contributed by atoms with E-state index in [9.17, 15) is 34.4 Å². The highest BCUT2D eigenvalue weighted by molar-refractivity contribution is 5.83. The first-order valence-corrected chi connectivity index (χ1v) is 9.50. The lowest BCUT2D eigenvalue weighted by Gasteiger charge is -2.15. The van der Waals surface area contributed by atoms with E-state index in [1.165, 1.54) is 30.5 Å². The Morgan fingerprint density at radius 2 is 1.73 bits per heavy atom. The van der Waals surface area contributed by atoms with Gasteiger partial charge in [0.2, 0.25) is 5.89 Å². The highest BCUT2D eigenvalue weighted by atomic mass is 16.6. The summed E-state index contributed by atoms with van der Waals surface area (Å²) in [7, 11) is 0. The zero-order valence-electron chi connectivity index (χ0n) is 17.0. The third kappa shape index (κ3) is 7.30. The van der Waals surface area contributed by atoms with Gasteiger partial charge in [0.1, 0.15) is 23.9 Å². The molecule has 0 bridgehead atoms. The van der Waals surface area contributed by atoms with E-state index in [-0.39, 0.29) is 36.7 Å². The number of carboxylic acids is 3. The largest absolute Gasteiger partial charge is 0.481 e. The molecule has 2 rings (SSSR count). The minimum atomic E-state index is -1.42. The van der Waals surface area contributed by atoms with Crippen molar-refractivity contribution in [2.75, 3.05) is 6.54 Å². The Bertz CT molecular complexity index is 1030. The van der Waals surface area contributed by atoms with Gasteiger partial charge in [-0.1, -0.05) is 0 Å². The molecule has 5 N–H and O–H groups in total. The summed E-state index contributed by atoms with van der Waals surface area (Å²) in [6, 6.07) is 3.07. The summed E-state index contributed by atoms with van der Waals surface area (Å²) in [5.74, 6) is -5.29. The fourth-order valence-electron chi connectivity index (χ4n) is 2.75. The molecule has 1 aromatic heterocycles. The van der Waals surface area contributed by atoms with Crippen LogP contribution >= 0.6 is 0 Å². The molecule has 0 aliphatic heterocycles. The molecule has 2 atom stereocenters. The smallest absolute Gasteiger partial charge is 0.326 e. The number of hydrogen-bond donors (Lipinski definition) is 5. The van der Waals surface area contributed by atoms with Crippen molar-refractivity contribution in [2.45, 2.75) is 31.2 Å². The maximum Gasteiger partial charge on any atom is 0.326 e. The van der Waals surface area contributed by atoms with Gasteiger partial charge in [0, 0.05) is 30.7 Å². The van der Waals surface area contributed by atoms with Gasteiger partial charge in [-0.3, -0.25) is 19.7 Å². The number of carbonyl (C=O) groups excluding carboxylic acids is 1. The summed E-state index contributed by atoms with van der Waals surface area (Å²) >= 11 is 0. The minimum absolute atomic E-state index is 0.122. The molecule has 0 aliphatic carbocycles. The minimum Gasteiger partial charge on any atom is -0.481 e. The maximum atomic E-state index is 11.9. The molecule has 14 heteroatoms. The summed E-state index contributed by atoms with van der Waals surface area (Å²) in [5, 5.41) is 42.3. The van der Waals surface area contributed by atoms with Crippen LogP contribution in [0.1, 0.15) is 31.1 Å². The first-order valence-electron chi connectivity index (χ1n) is 9.50. The fourth-order valence-corrected chi connectivity index (χ4v) is 2.75. The summed E-state index contributed by atoms with van der Waals surface area (Å²) in [6.45, 7) is -0.177. The van der Waals surface area contributed by atoms with Crippen LogP contribution in [0, 0.1) is 10.1 Å². The van der Waals surface area contributed by atoms with Crippen molar-refractivity contribution in [2.24, 2.45) is 0 Å². The predicted molar refractivity (Wildman–Crippen MR) is 108 cm³/mol. The lowest BCUT2D eigenvalue weighted by molar-refractivity contribution is -0.384. The van der Waals surface area contributed by atoms with Crippen LogP contribution in [0.3, 0.4) is 0 Å². The van der Waals surface area contributed by atoms with E-state index in [1.807, 2.05) is 0 Å². The van der Waals surface area contributed by atoms with Crippen molar-refractivity contribution in [3.63, 3.8) is 0 Å². The second-order valence-corrected chi connectivity index (χ2v) is 6.78. The lowest BCUT2D eigenvalue weighted by atomic mass is 10.1. The highest BCUT2D eigenvalue weighted by Gasteiger charge is 2.26. The van der Waals surface area contributed by atoms with Gasteiger partial charge in [-0.05, 0) is 25.0 Å². The van der Waals surface area contributed by atoms with Crippen LogP contribution in [0.15, 0.2) is 34.9 Å². The fraction of sp³-hybridized carbons (Fsp3) is 0.316. The predicted octanol–water partition coefficient (Wildman–Crippen LogP) is 1.43. The van der Waals surface area contributed by atoms with Gasteiger partial charge in [0.25, 0.3) is 5.69 Å². The number of hydrogen-bond acceptors (Lipinski definition) is 8. The van der Waals surface area contributed by atoms with Gasteiger partial charge in [0.05, 0.1) is 4.92 Å². The molecule has 176 valence electrons. The third-order valence-electron chi connectivity index (χ3n) is 4.46. The maximum absolute atomic E-state index is 11.9. The van der Waals surface area contributed by atoms with Crippen LogP contribution in [0.25, 0.3) is 11.3 Å². The summed E-state index contributed by atoms with van der Waals surface area (Å²) in [5.41, 5.74) is 0.612. The first kappa shape index (κ1) is 24.8. The molecular formula is C19H20N4O10. The van der Waals surface area contributed by atoms with Crippen molar-refractivity contribution < 1.29 is 43.8 Å². The number of nitro groups is 1. The number of rotatable bonds is 12. The van der Waals surface area contributed by atoms with E-state index in [0.717, 1.165) is 0 Å². The Morgan fingerprint density at radius 3 is 2.27 bits per heavy atom. The Hall–Kier alpha value is -4.49. The number of nitro benzene ring substituents is 1. The normalized spacial score (nSPS) is 12.4. The van der Waals surface area contributed by atoms with Crippen LogP contribution in [-0.2, 0) is 14.4 Å². The molecule has 0 saturated carbocycles. The van der Waals surface area contributed by atoms with E-state index in [0.29, 0.717) is 5.56 Å². The average Bonchev–Trinajstić information content (AvgIpc) is 3.23. The van der Waals surface area contributed by atoms with Gasteiger partial charge in [-0.2, -0.15) is 0 Å². The van der Waals surface area contributed by atoms with Crippen LogP contribution < -0.4 is 10.6 Å². The van der Waals surface area contributed by atoms with Gasteiger partial charge in [-0.15, -0.1) is 0 Å². The van der Waals surface area contributed by atoms with Crippen molar-refractivity contribution in [1.82, 2.24) is 15.6 Å². The Kier molecular flexibility index (Phi) is 8.42. The molecule has 1 heterocycles. The number of nitrogens with zero attached hydrogens (tertiary/aromatic N) is 2. The Balaban J connectivity index is 1.96. The standard InChI is InChI=1S/C19H20N4O10/c24-15(25)6-5-13(18(28)29)22-19(30)20-8-7-12(17(26)27)16-21-14(9-33-16)10-1-3-11(4-2-10)23(31)32/h1-4,9,12-13H,5-8H2,(H,24,25)(H,26,27)(H,28,29)(H2,20,22,30)/t12-,13-/m0/s1. The summed E-state index contributed by atoms with van der Waals surface area (Å²) in [6.07, 6.45) is 0.277. The van der Waals surface area contributed by atoms with E-state index >= 15 is 0 Å². The zero-order chi connectivity index (χ0) is 24.5. The van der Waals surface area contributed by atoms with E-state index < -0.39 is 47.2 Å². The van der Waals surface area contributed by atoms with Crippen LogP contribution in [0.5, 0.6) is 0 Å². The van der Waals surface area contributed by atoms with Gasteiger partial charge < -0.3 is 30.4 Å². The second-order valence-electron chi connectivity index (χ2n) is 6.78. The molecule has 0 aliphatic rings. The Morgan fingerprint density at radius 1 is 1.06 bits per heavy atom. The number of amides is 2. The molecule has 1 aromatic carbocycles. The summed E-state index contributed by atoms with van der Waals surface area (Å²) in [4.78, 5) is 59.5. The molecule has 2 amide bonds. The molecule has 0 fully saturated rings. The van der Waals surface area contributed by atoms with E-state index in [4.69, 9.17) is 14.6 Å². The van der Waals surface area contributed by atoms with Gasteiger partial charge >= 0.3 is 23.9 Å². The molecule has 0 spiro atoms. The van der Waals surface area contributed by atoms with Crippen LogP contribution in [0.4, 0.5) is 10.5 Å². The van der Waals surface area contributed by atoms with Gasteiger partial charge in [-0.25, -0.2) is 14.6 Å². The van der Waals surface area contributed by atoms with Crippen molar-refractivity contribution in [3.8, 4) is 11.3 Å². The van der Waals surface area contributed by atoms with Crippen molar-refractivity contribution in [1.29, 1.82) is 0 Å². The number of nitrogens with one attached hydrogen (secondary N) is 2. The molecule has 14 nitrogen and oxygen atoms in total. The molecule has 33 heavy (non-hydrogen) atoms. The number of non-ortho nitro benzene ring substituents is 1. The Labute approximate surface area is 185 Å². The topological polar surface area (TPSA) is 222 Å². The van der Waals surface area contributed by atoms with Crippen molar-refractivity contribution in [3.05, 3.63) is 46.5 Å². The number of urea groups is 1. The quantitative estimate of drug-likeness (QED) is 0.223. The van der Waals surface area contributed by atoms with Crippen LogP contribution in [-0.4, -0.2) is 61.8 Å². The van der Waals surface area contributed by atoms with Crippen LogP contribution in [0.2, 0.25) is 0 Å². The molecule has 0 radical (unpaired) electrons. The van der Waals surface area contributed by atoms with Crippen molar-refractivity contribution >= 4 is 29.6 Å². The van der Waals surface area contributed by atoms with E-state index in [2.05, 4.69) is 15.6 Å². The number of benzene rings is 1. The number of carboxylic acid groups (broad SMARTS) is 3. The molecular weight excluding hydrogens is 444 g/mol. The molecule has 2 aromatic rings. The monoisotopic (exact) mass is 464 g/mol.